The van der Waals surface area contributed by atoms with Gasteiger partial charge in [0.1, 0.15) is 0 Å². The van der Waals surface area contributed by atoms with E-state index in [2.05, 4.69) is 48.0 Å². The molecule has 0 amide bonds. The van der Waals surface area contributed by atoms with Gasteiger partial charge in [-0.15, -0.1) is 11.3 Å². The first-order chi connectivity index (χ1) is 10.2. The van der Waals surface area contributed by atoms with Crippen LogP contribution in [0.2, 0.25) is 0 Å². The predicted octanol–water partition coefficient (Wildman–Crippen LogP) is 3.02. The third-order valence-electron chi connectivity index (χ3n) is 3.95. The zero-order chi connectivity index (χ0) is 15.1. The lowest BCUT2D eigenvalue weighted by Gasteiger charge is -2.34. The van der Waals surface area contributed by atoms with Gasteiger partial charge in [-0.25, -0.2) is 0 Å². The van der Waals surface area contributed by atoms with Gasteiger partial charge in [-0.1, -0.05) is 20.8 Å². The number of nitrogens with zero attached hydrogens (tertiary/aromatic N) is 2. The summed E-state index contributed by atoms with van der Waals surface area (Å²) in [4.78, 5) is 8.17. The highest BCUT2D eigenvalue weighted by molar-refractivity contribution is 7.11. The van der Waals surface area contributed by atoms with E-state index in [0.29, 0.717) is 0 Å². The third kappa shape index (κ3) is 6.07. The van der Waals surface area contributed by atoms with E-state index in [1.54, 1.807) is 0 Å². The van der Waals surface area contributed by atoms with Crippen LogP contribution in [-0.2, 0) is 13.1 Å². The van der Waals surface area contributed by atoms with Crippen LogP contribution >= 0.6 is 11.3 Å². The van der Waals surface area contributed by atoms with Gasteiger partial charge < -0.3 is 10.2 Å². The van der Waals surface area contributed by atoms with Gasteiger partial charge in [0.25, 0.3) is 0 Å². The molecule has 3 nitrogen and oxygen atoms in total. The van der Waals surface area contributed by atoms with Gasteiger partial charge in [0.15, 0.2) is 0 Å². The minimum atomic E-state index is 0.726. The molecule has 0 aliphatic carbocycles. The molecule has 0 unspecified atom stereocenters. The monoisotopic (exact) mass is 309 g/mol. The van der Waals surface area contributed by atoms with E-state index in [0.717, 1.165) is 25.6 Å². The lowest BCUT2D eigenvalue weighted by atomic mass is 10.2. The zero-order valence-corrected chi connectivity index (χ0v) is 14.7. The van der Waals surface area contributed by atoms with Crippen LogP contribution in [0.1, 0.15) is 36.9 Å². The van der Waals surface area contributed by atoms with Crippen LogP contribution in [0.4, 0.5) is 0 Å². The number of nitrogens with one attached hydrogen (secondary N) is 1. The van der Waals surface area contributed by atoms with Crippen molar-refractivity contribution < 1.29 is 0 Å². The van der Waals surface area contributed by atoms with Crippen molar-refractivity contribution in [1.82, 2.24) is 15.1 Å². The average molecular weight is 310 g/mol. The molecule has 0 bridgehead atoms. The Labute approximate surface area is 134 Å². The summed E-state index contributed by atoms with van der Waals surface area (Å²) >= 11 is 1.97. The standard InChI is InChI=1S/C17H31N3S/c1-4-7-19-8-10-20(11-9-19)14-17-6-5-16(21-17)13-18-12-15(2)3/h5-6,15,18H,4,7-14H2,1-3H3. The van der Waals surface area contributed by atoms with E-state index < -0.39 is 0 Å². The molecule has 0 saturated carbocycles. The Morgan fingerprint density at radius 2 is 1.76 bits per heavy atom. The molecule has 1 aliphatic rings. The summed E-state index contributed by atoms with van der Waals surface area (Å²) in [7, 11) is 0. The number of thiophene rings is 1. The minimum Gasteiger partial charge on any atom is -0.312 e. The largest absolute Gasteiger partial charge is 0.312 e. The van der Waals surface area contributed by atoms with Gasteiger partial charge in [-0.3, -0.25) is 4.90 Å². The maximum atomic E-state index is 3.53. The van der Waals surface area contributed by atoms with E-state index in [1.165, 1.54) is 48.9 Å². The van der Waals surface area contributed by atoms with E-state index in [-0.39, 0.29) is 0 Å². The second-order valence-electron chi connectivity index (χ2n) is 6.51. The molecule has 4 heteroatoms. The fraction of sp³-hybridized carbons (Fsp3) is 0.765. The van der Waals surface area contributed by atoms with Gasteiger partial charge in [-0.2, -0.15) is 0 Å². The first-order valence-corrected chi connectivity index (χ1v) is 9.22. The summed E-state index contributed by atoms with van der Waals surface area (Å²) in [6, 6.07) is 4.61. The molecule has 0 spiro atoms. The Kier molecular flexibility index (Phi) is 7.17. The van der Waals surface area contributed by atoms with Crippen molar-refractivity contribution >= 4 is 11.3 Å². The minimum absolute atomic E-state index is 0.726. The molecule has 0 atom stereocenters. The van der Waals surface area contributed by atoms with Crippen molar-refractivity contribution in [1.29, 1.82) is 0 Å². The highest BCUT2D eigenvalue weighted by atomic mass is 32.1. The van der Waals surface area contributed by atoms with E-state index >= 15 is 0 Å². The molecule has 0 aromatic carbocycles. The lowest BCUT2D eigenvalue weighted by Crippen LogP contribution is -2.45. The smallest absolute Gasteiger partial charge is 0.0329 e. The molecule has 1 aromatic heterocycles. The van der Waals surface area contributed by atoms with Crippen LogP contribution < -0.4 is 5.32 Å². The quantitative estimate of drug-likeness (QED) is 0.796. The molecule has 2 rings (SSSR count). The van der Waals surface area contributed by atoms with Crippen LogP contribution in [0.3, 0.4) is 0 Å². The molecule has 1 N–H and O–H groups in total. The summed E-state index contributed by atoms with van der Waals surface area (Å²) in [5.74, 6) is 0.726. The SMILES string of the molecule is CCCN1CCN(Cc2ccc(CNCC(C)C)s2)CC1. The fourth-order valence-electron chi connectivity index (χ4n) is 2.79. The molecule has 1 saturated heterocycles. The molecular formula is C17H31N3S. The van der Waals surface area contributed by atoms with E-state index in [9.17, 15) is 0 Å². The van der Waals surface area contributed by atoms with Crippen LogP contribution in [0.15, 0.2) is 12.1 Å². The molecule has 1 aromatic rings. The van der Waals surface area contributed by atoms with Gasteiger partial charge in [0.05, 0.1) is 0 Å². The van der Waals surface area contributed by atoms with Crippen LogP contribution in [0, 0.1) is 5.92 Å². The Morgan fingerprint density at radius 3 is 2.43 bits per heavy atom. The topological polar surface area (TPSA) is 18.5 Å². The summed E-state index contributed by atoms with van der Waals surface area (Å²) in [6.07, 6.45) is 1.28. The Hall–Kier alpha value is -0.420. The Balaban J connectivity index is 1.70. The maximum Gasteiger partial charge on any atom is 0.0329 e. The number of piperazine rings is 1. The summed E-state index contributed by atoms with van der Waals surface area (Å²) in [5.41, 5.74) is 0. The summed E-state index contributed by atoms with van der Waals surface area (Å²) in [6.45, 7) is 16.2. The first-order valence-electron chi connectivity index (χ1n) is 8.40. The highest BCUT2D eigenvalue weighted by Gasteiger charge is 2.16. The normalized spacial score (nSPS) is 17.7. The van der Waals surface area contributed by atoms with Crippen molar-refractivity contribution in [2.45, 2.75) is 40.3 Å². The third-order valence-corrected chi connectivity index (χ3v) is 5.02. The average Bonchev–Trinajstić information content (AvgIpc) is 2.88. The lowest BCUT2D eigenvalue weighted by molar-refractivity contribution is 0.128. The number of hydrogen-bond donors (Lipinski definition) is 1. The molecule has 120 valence electrons. The van der Waals surface area contributed by atoms with Crippen molar-refractivity contribution in [3.05, 3.63) is 21.9 Å². The van der Waals surface area contributed by atoms with Crippen LogP contribution in [-0.4, -0.2) is 49.1 Å². The number of hydrogen-bond acceptors (Lipinski definition) is 4. The second kappa shape index (κ2) is 8.89. The van der Waals surface area contributed by atoms with Crippen molar-refractivity contribution in [3.8, 4) is 0 Å². The van der Waals surface area contributed by atoms with Crippen LogP contribution in [0.25, 0.3) is 0 Å². The fourth-order valence-corrected chi connectivity index (χ4v) is 3.82. The number of rotatable bonds is 8. The second-order valence-corrected chi connectivity index (χ2v) is 7.76. The Bertz CT molecular complexity index is 394. The van der Waals surface area contributed by atoms with Gasteiger partial charge >= 0.3 is 0 Å². The summed E-state index contributed by atoms with van der Waals surface area (Å²) in [5, 5.41) is 3.53. The van der Waals surface area contributed by atoms with Gasteiger partial charge in [0.2, 0.25) is 0 Å². The van der Waals surface area contributed by atoms with Crippen molar-refractivity contribution in [2.24, 2.45) is 5.92 Å². The molecule has 1 aliphatic heterocycles. The zero-order valence-electron chi connectivity index (χ0n) is 13.9. The predicted molar refractivity (Wildman–Crippen MR) is 92.9 cm³/mol. The van der Waals surface area contributed by atoms with Gasteiger partial charge in [0, 0.05) is 49.0 Å². The van der Waals surface area contributed by atoms with Crippen molar-refractivity contribution in [3.63, 3.8) is 0 Å². The van der Waals surface area contributed by atoms with E-state index in [4.69, 9.17) is 0 Å². The Morgan fingerprint density at radius 1 is 1.10 bits per heavy atom. The van der Waals surface area contributed by atoms with Crippen LogP contribution in [0.5, 0.6) is 0 Å². The first kappa shape index (κ1) is 16.9. The van der Waals surface area contributed by atoms with E-state index in [1.807, 2.05) is 11.3 Å². The molecular weight excluding hydrogens is 278 g/mol. The molecule has 2 heterocycles. The highest BCUT2D eigenvalue weighted by Crippen LogP contribution is 2.19. The molecule has 21 heavy (non-hydrogen) atoms. The maximum absolute atomic E-state index is 3.53. The molecule has 0 radical (unpaired) electrons. The van der Waals surface area contributed by atoms with Crippen molar-refractivity contribution in [2.75, 3.05) is 39.3 Å². The summed E-state index contributed by atoms with van der Waals surface area (Å²) < 4.78 is 0. The van der Waals surface area contributed by atoms with Gasteiger partial charge in [-0.05, 0) is 37.6 Å². The molecule has 1 fully saturated rings.